The monoisotopic (exact) mass is 275 g/mol. The van der Waals surface area contributed by atoms with Crippen molar-refractivity contribution in [3.05, 3.63) is 29.8 Å². The Kier molecular flexibility index (Phi) is 5.47. The third-order valence-corrected chi connectivity index (χ3v) is 4.65. The Morgan fingerprint density at radius 1 is 1.10 bits per heavy atom. The molecule has 0 aliphatic heterocycles. The Balaban J connectivity index is 1.89. The first kappa shape index (κ1) is 15.4. The summed E-state index contributed by atoms with van der Waals surface area (Å²) in [5.41, 5.74) is 1.29. The quantitative estimate of drug-likeness (QED) is 0.847. The van der Waals surface area contributed by atoms with Gasteiger partial charge in [0.25, 0.3) is 0 Å². The molecular weight excluding hydrogens is 246 g/mol. The normalized spacial score (nSPS) is 24.8. The van der Waals surface area contributed by atoms with Gasteiger partial charge in [0.15, 0.2) is 0 Å². The second-order valence-electron chi connectivity index (χ2n) is 6.74. The van der Waals surface area contributed by atoms with E-state index in [0.717, 1.165) is 18.3 Å². The van der Waals surface area contributed by atoms with Crippen LogP contribution >= 0.6 is 0 Å². The lowest BCUT2D eigenvalue weighted by Gasteiger charge is -2.37. The highest BCUT2D eigenvalue weighted by atomic mass is 16.3. The second kappa shape index (κ2) is 7.12. The maximum Gasteiger partial charge on any atom is 0.115 e. The van der Waals surface area contributed by atoms with E-state index in [4.69, 9.17) is 0 Å². The van der Waals surface area contributed by atoms with Crippen molar-refractivity contribution in [1.29, 1.82) is 0 Å². The summed E-state index contributed by atoms with van der Waals surface area (Å²) in [6.45, 7) is 6.99. The van der Waals surface area contributed by atoms with Gasteiger partial charge in [-0.15, -0.1) is 0 Å². The van der Waals surface area contributed by atoms with Crippen LogP contribution in [0.3, 0.4) is 0 Å². The molecule has 20 heavy (non-hydrogen) atoms. The van der Waals surface area contributed by atoms with Gasteiger partial charge < -0.3 is 10.4 Å². The molecule has 112 valence electrons. The highest BCUT2D eigenvalue weighted by Gasteiger charge is 2.28. The third-order valence-electron chi connectivity index (χ3n) is 4.65. The number of nitrogens with one attached hydrogen (secondary N) is 1. The Morgan fingerprint density at radius 2 is 1.75 bits per heavy atom. The van der Waals surface area contributed by atoms with E-state index < -0.39 is 0 Å². The average molecular weight is 275 g/mol. The molecule has 0 radical (unpaired) electrons. The zero-order valence-corrected chi connectivity index (χ0v) is 13.1. The number of hydrogen-bond acceptors (Lipinski definition) is 2. The van der Waals surface area contributed by atoms with Gasteiger partial charge in [-0.3, -0.25) is 0 Å². The summed E-state index contributed by atoms with van der Waals surface area (Å²) in [6, 6.07) is 8.77. The first-order valence-electron chi connectivity index (χ1n) is 8.10. The molecule has 1 fully saturated rings. The van der Waals surface area contributed by atoms with Crippen LogP contribution < -0.4 is 5.32 Å². The van der Waals surface area contributed by atoms with E-state index in [9.17, 15) is 5.11 Å². The molecule has 2 nitrogen and oxygen atoms in total. The predicted molar refractivity (Wildman–Crippen MR) is 85.0 cm³/mol. The number of benzene rings is 1. The Hall–Kier alpha value is -1.02. The van der Waals surface area contributed by atoms with Crippen molar-refractivity contribution in [2.45, 2.75) is 65.0 Å². The minimum atomic E-state index is 0.349. The van der Waals surface area contributed by atoms with Gasteiger partial charge in [0.1, 0.15) is 5.75 Å². The van der Waals surface area contributed by atoms with Gasteiger partial charge in [-0.1, -0.05) is 38.8 Å². The smallest absolute Gasteiger partial charge is 0.115 e. The van der Waals surface area contributed by atoms with E-state index >= 15 is 0 Å². The molecule has 0 heterocycles. The predicted octanol–water partition coefficient (Wildman–Crippen LogP) is 4.13. The highest BCUT2D eigenvalue weighted by molar-refractivity contribution is 5.26. The SMILES string of the molecule is CC(Cc1ccc(O)cc1)NC1CCCCC1C(C)C. The maximum atomic E-state index is 9.33. The van der Waals surface area contributed by atoms with Gasteiger partial charge in [-0.25, -0.2) is 0 Å². The summed E-state index contributed by atoms with van der Waals surface area (Å²) in [5.74, 6) is 1.95. The zero-order chi connectivity index (χ0) is 14.5. The molecule has 3 atom stereocenters. The Bertz CT molecular complexity index is 398. The van der Waals surface area contributed by atoms with Crippen LogP contribution in [0.25, 0.3) is 0 Å². The lowest BCUT2D eigenvalue weighted by Crippen LogP contribution is -2.45. The summed E-state index contributed by atoms with van der Waals surface area (Å²) in [6.07, 6.45) is 6.49. The van der Waals surface area contributed by atoms with E-state index in [2.05, 4.69) is 26.1 Å². The van der Waals surface area contributed by atoms with Crippen molar-refractivity contribution >= 4 is 0 Å². The largest absolute Gasteiger partial charge is 0.508 e. The third kappa shape index (κ3) is 4.24. The van der Waals surface area contributed by atoms with E-state index in [1.807, 2.05) is 12.1 Å². The summed E-state index contributed by atoms with van der Waals surface area (Å²) in [4.78, 5) is 0. The lowest BCUT2D eigenvalue weighted by atomic mass is 9.77. The lowest BCUT2D eigenvalue weighted by molar-refractivity contribution is 0.194. The first-order chi connectivity index (χ1) is 9.56. The molecule has 2 N–H and O–H groups in total. The van der Waals surface area contributed by atoms with E-state index in [-0.39, 0.29) is 0 Å². The molecule has 0 aromatic heterocycles. The molecule has 2 heteroatoms. The second-order valence-corrected chi connectivity index (χ2v) is 6.74. The van der Waals surface area contributed by atoms with Crippen molar-refractivity contribution in [2.24, 2.45) is 11.8 Å². The van der Waals surface area contributed by atoms with E-state index in [1.165, 1.54) is 31.2 Å². The van der Waals surface area contributed by atoms with Gasteiger partial charge in [-0.2, -0.15) is 0 Å². The maximum absolute atomic E-state index is 9.33. The van der Waals surface area contributed by atoms with Crippen LogP contribution in [-0.4, -0.2) is 17.2 Å². The number of rotatable bonds is 5. The van der Waals surface area contributed by atoms with Gasteiger partial charge >= 0.3 is 0 Å². The number of aromatic hydroxyl groups is 1. The fourth-order valence-corrected chi connectivity index (χ4v) is 3.57. The first-order valence-corrected chi connectivity index (χ1v) is 8.10. The molecule has 1 saturated carbocycles. The van der Waals surface area contributed by atoms with Crippen LogP contribution in [0.4, 0.5) is 0 Å². The summed E-state index contributed by atoms with van der Waals surface area (Å²) in [5, 5.41) is 13.2. The molecule has 1 aromatic rings. The summed E-state index contributed by atoms with van der Waals surface area (Å²) >= 11 is 0. The van der Waals surface area contributed by atoms with Crippen LogP contribution in [0.5, 0.6) is 5.75 Å². The van der Waals surface area contributed by atoms with Crippen molar-refractivity contribution in [3.63, 3.8) is 0 Å². The number of phenolic OH excluding ortho intramolecular Hbond substituents is 1. The van der Waals surface area contributed by atoms with Gasteiger partial charge in [-0.05, 0) is 55.7 Å². The van der Waals surface area contributed by atoms with E-state index in [1.54, 1.807) is 12.1 Å². The molecular formula is C18H29NO. The van der Waals surface area contributed by atoms with Crippen molar-refractivity contribution in [1.82, 2.24) is 5.32 Å². The van der Waals surface area contributed by atoms with E-state index in [0.29, 0.717) is 17.8 Å². The molecule has 1 aliphatic rings. The van der Waals surface area contributed by atoms with Crippen molar-refractivity contribution in [2.75, 3.05) is 0 Å². The van der Waals surface area contributed by atoms with Crippen LogP contribution in [-0.2, 0) is 6.42 Å². The molecule has 1 aromatic carbocycles. The summed E-state index contributed by atoms with van der Waals surface area (Å²) in [7, 11) is 0. The fraction of sp³-hybridized carbons (Fsp3) is 0.667. The molecule has 0 saturated heterocycles. The van der Waals surface area contributed by atoms with Gasteiger partial charge in [0.2, 0.25) is 0 Å². The minimum Gasteiger partial charge on any atom is -0.508 e. The number of hydrogen-bond donors (Lipinski definition) is 2. The topological polar surface area (TPSA) is 32.3 Å². The van der Waals surface area contributed by atoms with Gasteiger partial charge in [0, 0.05) is 12.1 Å². The minimum absolute atomic E-state index is 0.349. The molecule has 0 amide bonds. The number of phenols is 1. The molecule has 3 unspecified atom stereocenters. The highest BCUT2D eigenvalue weighted by Crippen LogP contribution is 2.30. The fourth-order valence-electron chi connectivity index (χ4n) is 3.57. The van der Waals surface area contributed by atoms with Crippen LogP contribution in [0.15, 0.2) is 24.3 Å². The van der Waals surface area contributed by atoms with Crippen LogP contribution in [0.1, 0.15) is 52.0 Å². The average Bonchev–Trinajstić information content (AvgIpc) is 2.41. The van der Waals surface area contributed by atoms with Crippen LogP contribution in [0, 0.1) is 11.8 Å². The standard InChI is InChI=1S/C18H29NO/c1-13(2)17-6-4-5-7-18(17)19-14(3)12-15-8-10-16(20)11-9-15/h8-11,13-14,17-20H,4-7,12H2,1-3H3. The summed E-state index contributed by atoms with van der Waals surface area (Å²) < 4.78 is 0. The Morgan fingerprint density at radius 3 is 2.40 bits per heavy atom. The van der Waals surface area contributed by atoms with Gasteiger partial charge in [0.05, 0.1) is 0 Å². The Labute approximate surface area is 123 Å². The molecule has 2 rings (SSSR count). The molecule has 0 bridgehead atoms. The molecule has 0 spiro atoms. The molecule has 1 aliphatic carbocycles. The van der Waals surface area contributed by atoms with Crippen molar-refractivity contribution < 1.29 is 5.11 Å². The zero-order valence-electron chi connectivity index (χ0n) is 13.1. The van der Waals surface area contributed by atoms with Crippen molar-refractivity contribution in [3.8, 4) is 5.75 Å². The van der Waals surface area contributed by atoms with Crippen LogP contribution in [0.2, 0.25) is 0 Å².